The van der Waals surface area contributed by atoms with Crippen molar-refractivity contribution in [3.63, 3.8) is 0 Å². The maximum Gasteiger partial charge on any atom is 0.255 e. The summed E-state index contributed by atoms with van der Waals surface area (Å²) in [7, 11) is 0. The highest BCUT2D eigenvalue weighted by molar-refractivity contribution is 6.32. The second kappa shape index (κ2) is 7.48. The molecule has 1 saturated carbocycles. The van der Waals surface area contributed by atoms with Gasteiger partial charge in [-0.05, 0) is 49.2 Å². The van der Waals surface area contributed by atoms with Crippen LogP contribution in [0.1, 0.15) is 40.0 Å². The second-order valence-electron chi connectivity index (χ2n) is 6.62. The number of carbonyl (C=O) groups is 2. The summed E-state index contributed by atoms with van der Waals surface area (Å²) in [4.78, 5) is 24.6. The maximum atomic E-state index is 12.6. The van der Waals surface area contributed by atoms with Crippen molar-refractivity contribution >= 4 is 29.1 Å². The molecule has 2 amide bonds. The van der Waals surface area contributed by atoms with Crippen molar-refractivity contribution in [3.8, 4) is 11.5 Å². The summed E-state index contributed by atoms with van der Waals surface area (Å²) >= 11 is 6.24. The Bertz CT molecular complexity index is 878. The fourth-order valence-electron chi connectivity index (χ4n) is 2.77. The quantitative estimate of drug-likeness (QED) is 0.841. The summed E-state index contributed by atoms with van der Waals surface area (Å²) in [5.74, 6) is 0.529. The van der Waals surface area contributed by atoms with E-state index in [0.29, 0.717) is 52.6 Å². The Morgan fingerprint density at radius 1 is 0.963 bits per heavy atom. The van der Waals surface area contributed by atoms with Gasteiger partial charge in [0.1, 0.15) is 0 Å². The number of hydrogen-bond acceptors (Lipinski definition) is 4. The molecule has 0 spiro atoms. The standard InChI is InChI=1S/C20H19ClN2O4/c21-16-10-13(11-17-18(16)27-9-1-8-26-17)20(25)23-14-4-2-12(3-5-14)19(24)22-15-6-7-15/h2-5,10-11,15H,1,6-9H2,(H,22,24)(H,23,25). The molecule has 27 heavy (non-hydrogen) atoms. The molecule has 1 aliphatic carbocycles. The summed E-state index contributed by atoms with van der Waals surface area (Å²) in [5.41, 5.74) is 1.53. The molecule has 0 radical (unpaired) electrons. The highest BCUT2D eigenvalue weighted by Crippen LogP contribution is 2.38. The predicted octanol–water partition coefficient (Wildman–Crippen LogP) is 3.65. The first-order chi connectivity index (χ1) is 13.1. The van der Waals surface area contributed by atoms with Gasteiger partial charge < -0.3 is 20.1 Å². The Labute approximate surface area is 161 Å². The molecule has 2 aromatic carbocycles. The third kappa shape index (κ3) is 4.17. The fourth-order valence-corrected chi connectivity index (χ4v) is 3.03. The number of nitrogens with one attached hydrogen (secondary N) is 2. The van der Waals surface area contributed by atoms with Crippen molar-refractivity contribution in [1.82, 2.24) is 5.32 Å². The van der Waals surface area contributed by atoms with Crippen molar-refractivity contribution in [2.24, 2.45) is 0 Å². The van der Waals surface area contributed by atoms with Crippen molar-refractivity contribution in [1.29, 1.82) is 0 Å². The first-order valence-electron chi connectivity index (χ1n) is 8.91. The third-order valence-corrected chi connectivity index (χ3v) is 4.66. The molecule has 1 fully saturated rings. The first kappa shape index (κ1) is 17.7. The molecule has 0 saturated heterocycles. The molecule has 4 rings (SSSR count). The van der Waals surface area contributed by atoms with Gasteiger partial charge in [-0.3, -0.25) is 9.59 Å². The van der Waals surface area contributed by atoms with Crippen LogP contribution < -0.4 is 20.1 Å². The van der Waals surface area contributed by atoms with Gasteiger partial charge in [0.15, 0.2) is 11.5 Å². The maximum absolute atomic E-state index is 12.6. The molecular weight excluding hydrogens is 368 g/mol. The summed E-state index contributed by atoms with van der Waals surface area (Å²) in [6.07, 6.45) is 2.84. The molecule has 2 N–H and O–H groups in total. The fraction of sp³-hybridized carbons (Fsp3) is 0.300. The number of ether oxygens (including phenoxy) is 2. The lowest BCUT2D eigenvalue weighted by atomic mass is 10.1. The van der Waals surface area contributed by atoms with Crippen molar-refractivity contribution in [2.75, 3.05) is 18.5 Å². The zero-order chi connectivity index (χ0) is 18.8. The molecule has 0 unspecified atom stereocenters. The molecule has 6 nitrogen and oxygen atoms in total. The Morgan fingerprint density at radius 3 is 2.44 bits per heavy atom. The van der Waals surface area contributed by atoms with Crippen LogP contribution in [0.5, 0.6) is 11.5 Å². The molecule has 2 aliphatic rings. The van der Waals surface area contributed by atoms with Crippen LogP contribution >= 0.6 is 11.6 Å². The average Bonchev–Trinajstić information content (AvgIpc) is 3.49. The minimum absolute atomic E-state index is 0.0925. The largest absolute Gasteiger partial charge is 0.489 e. The van der Waals surface area contributed by atoms with Crippen LogP contribution in [0.15, 0.2) is 36.4 Å². The molecule has 140 valence electrons. The van der Waals surface area contributed by atoms with Crippen LogP contribution in [0.4, 0.5) is 5.69 Å². The number of halogens is 1. The number of carbonyl (C=O) groups excluding carboxylic acids is 2. The summed E-state index contributed by atoms with van der Waals surface area (Å²) < 4.78 is 11.2. The minimum Gasteiger partial charge on any atom is -0.489 e. The molecule has 0 bridgehead atoms. The van der Waals surface area contributed by atoms with Gasteiger partial charge in [0.25, 0.3) is 11.8 Å². The van der Waals surface area contributed by atoms with Gasteiger partial charge in [-0.2, -0.15) is 0 Å². The van der Waals surface area contributed by atoms with Crippen LogP contribution in [0.25, 0.3) is 0 Å². The van der Waals surface area contributed by atoms with Gasteiger partial charge in [0.2, 0.25) is 0 Å². The lowest BCUT2D eigenvalue weighted by Crippen LogP contribution is -2.25. The topological polar surface area (TPSA) is 76.7 Å². The van der Waals surface area contributed by atoms with E-state index in [2.05, 4.69) is 10.6 Å². The van der Waals surface area contributed by atoms with Gasteiger partial charge in [0, 0.05) is 29.3 Å². The normalized spacial score (nSPS) is 15.6. The Morgan fingerprint density at radius 2 is 1.70 bits per heavy atom. The van der Waals surface area contributed by atoms with E-state index in [1.807, 2.05) is 0 Å². The smallest absolute Gasteiger partial charge is 0.255 e. The molecule has 1 heterocycles. The van der Waals surface area contributed by atoms with Crippen LogP contribution in [0.3, 0.4) is 0 Å². The van der Waals surface area contributed by atoms with Crippen molar-refractivity contribution in [3.05, 3.63) is 52.5 Å². The highest BCUT2D eigenvalue weighted by atomic mass is 35.5. The molecule has 0 atom stereocenters. The van der Waals surface area contributed by atoms with E-state index in [1.165, 1.54) is 0 Å². The summed E-state index contributed by atoms with van der Waals surface area (Å²) in [5, 5.41) is 6.07. The SMILES string of the molecule is O=C(Nc1ccc(C(=O)NC2CC2)cc1)c1cc(Cl)c2c(c1)OCCCO2. The van der Waals surface area contributed by atoms with E-state index in [9.17, 15) is 9.59 Å². The number of hydrogen-bond donors (Lipinski definition) is 2. The lowest BCUT2D eigenvalue weighted by Gasteiger charge is -2.12. The average molecular weight is 387 g/mol. The van der Waals surface area contributed by atoms with E-state index in [4.69, 9.17) is 21.1 Å². The van der Waals surface area contributed by atoms with E-state index in [0.717, 1.165) is 19.3 Å². The number of amides is 2. The van der Waals surface area contributed by atoms with E-state index < -0.39 is 0 Å². The van der Waals surface area contributed by atoms with Crippen LogP contribution in [0, 0.1) is 0 Å². The Hall–Kier alpha value is -2.73. The summed E-state index contributed by atoms with van der Waals surface area (Å²) in [6, 6.07) is 10.3. The highest BCUT2D eigenvalue weighted by Gasteiger charge is 2.23. The van der Waals surface area contributed by atoms with Gasteiger partial charge in [-0.15, -0.1) is 0 Å². The van der Waals surface area contributed by atoms with E-state index >= 15 is 0 Å². The lowest BCUT2D eigenvalue weighted by molar-refractivity contribution is 0.0950. The molecule has 2 aromatic rings. The first-order valence-corrected chi connectivity index (χ1v) is 9.29. The van der Waals surface area contributed by atoms with E-state index in [1.54, 1.807) is 36.4 Å². The number of rotatable bonds is 4. The summed E-state index contributed by atoms with van der Waals surface area (Å²) in [6.45, 7) is 1.04. The van der Waals surface area contributed by atoms with Crippen LogP contribution in [-0.2, 0) is 0 Å². The zero-order valence-electron chi connectivity index (χ0n) is 14.6. The van der Waals surface area contributed by atoms with Gasteiger partial charge in [0.05, 0.1) is 18.2 Å². The predicted molar refractivity (Wildman–Crippen MR) is 102 cm³/mol. The number of benzene rings is 2. The zero-order valence-corrected chi connectivity index (χ0v) is 15.3. The van der Waals surface area contributed by atoms with Gasteiger partial charge in [-0.1, -0.05) is 11.6 Å². The van der Waals surface area contributed by atoms with Gasteiger partial charge in [-0.25, -0.2) is 0 Å². The second-order valence-corrected chi connectivity index (χ2v) is 7.02. The van der Waals surface area contributed by atoms with Crippen molar-refractivity contribution < 1.29 is 19.1 Å². The monoisotopic (exact) mass is 386 g/mol. The Balaban J connectivity index is 1.46. The molecule has 0 aromatic heterocycles. The molecule has 7 heteroatoms. The minimum atomic E-state index is -0.317. The van der Waals surface area contributed by atoms with Crippen LogP contribution in [0.2, 0.25) is 5.02 Å². The van der Waals surface area contributed by atoms with Crippen LogP contribution in [-0.4, -0.2) is 31.1 Å². The number of fused-ring (bicyclic) bond motifs is 1. The third-order valence-electron chi connectivity index (χ3n) is 4.38. The van der Waals surface area contributed by atoms with E-state index in [-0.39, 0.29) is 11.8 Å². The Kier molecular flexibility index (Phi) is 4.90. The molecule has 1 aliphatic heterocycles. The molecular formula is C20H19ClN2O4. The number of anilines is 1. The van der Waals surface area contributed by atoms with Gasteiger partial charge >= 0.3 is 0 Å². The van der Waals surface area contributed by atoms with Crippen molar-refractivity contribution in [2.45, 2.75) is 25.3 Å².